The van der Waals surface area contributed by atoms with E-state index in [1.165, 1.54) is 11.8 Å². The van der Waals surface area contributed by atoms with Gasteiger partial charge in [0.1, 0.15) is 5.52 Å². The van der Waals surface area contributed by atoms with Crippen LogP contribution in [0.4, 0.5) is 5.69 Å². The molecule has 7 heteroatoms. The quantitative estimate of drug-likeness (QED) is 0.611. The molecule has 0 aliphatic carbocycles. The number of amides is 1. The number of rotatable bonds is 5. The Kier molecular flexibility index (Phi) is 4.69. The third-order valence-corrected chi connectivity index (χ3v) is 4.84. The molecule has 1 aliphatic heterocycles. The predicted molar refractivity (Wildman–Crippen MR) is 98.3 cm³/mol. The Morgan fingerprint density at radius 3 is 3.04 bits per heavy atom. The largest absolute Gasteiger partial charge is 0.431 e. The van der Waals surface area contributed by atoms with Gasteiger partial charge in [-0.3, -0.25) is 15.6 Å². The van der Waals surface area contributed by atoms with Crippen molar-refractivity contribution in [3.05, 3.63) is 54.1 Å². The molecule has 1 saturated heterocycles. The maximum absolute atomic E-state index is 12.2. The smallest absolute Gasteiger partial charge is 0.257 e. The van der Waals surface area contributed by atoms with Gasteiger partial charge in [-0.15, -0.1) is 0 Å². The fraction of sp³-hybridized carbons (Fsp3) is 0.222. The standard InChI is InChI=1S/C18H18N4O2S/c23-17(11-25-18-21-15-6-1-2-7-16(15)24-18)20-13-5-3-4-12(10-13)14-8-9-19-22-14/h1-7,10,14,19,22H,8-9,11H2,(H,20,23). The highest BCUT2D eigenvalue weighted by Crippen LogP contribution is 2.24. The lowest BCUT2D eigenvalue weighted by Gasteiger charge is -2.12. The number of benzene rings is 2. The molecule has 0 bridgehead atoms. The molecule has 1 atom stereocenters. The van der Waals surface area contributed by atoms with Gasteiger partial charge in [0.25, 0.3) is 5.22 Å². The Bertz CT molecular complexity index is 856. The van der Waals surface area contributed by atoms with Crippen molar-refractivity contribution >= 4 is 34.5 Å². The molecule has 1 unspecified atom stereocenters. The number of para-hydroxylation sites is 2. The minimum absolute atomic E-state index is 0.0816. The van der Waals surface area contributed by atoms with Crippen LogP contribution in [0.5, 0.6) is 0 Å². The van der Waals surface area contributed by atoms with Crippen LogP contribution < -0.4 is 16.2 Å². The van der Waals surface area contributed by atoms with Crippen molar-refractivity contribution in [2.75, 3.05) is 17.6 Å². The molecular weight excluding hydrogens is 336 g/mol. The number of carbonyl (C=O) groups is 1. The number of hydrogen-bond acceptors (Lipinski definition) is 6. The first-order chi connectivity index (χ1) is 12.3. The van der Waals surface area contributed by atoms with Crippen LogP contribution in [0.15, 0.2) is 58.2 Å². The first kappa shape index (κ1) is 16.1. The van der Waals surface area contributed by atoms with Crippen LogP contribution in [0.1, 0.15) is 18.0 Å². The van der Waals surface area contributed by atoms with Crippen LogP contribution in [0.3, 0.4) is 0 Å². The highest BCUT2D eigenvalue weighted by molar-refractivity contribution is 7.99. The van der Waals surface area contributed by atoms with Gasteiger partial charge >= 0.3 is 0 Å². The second-order valence-electron chi connectivity index (χ2n) is 5.82. The number of thioether (sulfide) groups is 1. The monoisotopic (exact) mass is 354 g/mol. The minimum Gasteiger partial charge on any atom is -0.431 e. The molecule has 1 amide bonds. The molecule has 0 radical (unpaired) electrons. The van der Waals surface area contributed by atoms with Crippen LogP contribution in [0.2, 0.25) is 0 Å². The van der Waals surface area contributed by atoms with Crippen LogP contribution in [0, 0.1) is 0 Å². The lowest BCUT2D eigenvalue weighted by atomic mass is 10.1. The normalized spacial score (nSPS) is 17.0. The molecule has 3 aromatic rings. The third-order valence-electron chi connectivity index (χ3n) is 4.01. The van der Waals surface area contributed by atoms with Gasteiger partial charge in [0.2, 0.25) is 5.91 Å². The van der Waals surface area contributed by atoms with E-state index in [-0.39, 0.29) is 17.7 Å². The summed E-state index contributed by atoms with van der Waals surface area (Å²) in [4.78, 5) is 16.6. The van der Waals surface area contributed by atoms with Crippen LogP contribution in [0.25, 0.3) is 11.1 Å². The fourth-order valence-corrected chi connectivity index (χ4v) is 3.44. The topological polar surface area (TPSA) is 79.2 Å². The maximum atomic E-state index is 12.2. The van der Waals surface area contributed by atoms with Crippen molar-refractivity contribution in [2.45, 2.75) is 17.7 Å². The fourth-order valence-electron chi connectivity index (χ4n) is 2.80. The number of anilines is 1. The van der Waals surface area contributed by atoms with Gasteiger partial charge < -0.3 is 9.73 Å². The summed E-state index contributed by atoms with van der Waals surface area (Å²) in [5.74, 6) is 0.169. The molecule has 4 rings (SSSR count). The summed E-state index contributed by atoms with van der Waals surface area (Å²) in [6.07, 6.45) is 1.03. The highest BCUT2D eigenvalue weighted by Gasteiger charge is 2.16. The van der Waals surface area contributed by atoms with Gasteiger partial charge in [-0.25, -0.2) is 4.98 Å². The summed E-state index contributed by atoms with van der Waals surface area (Å²) in [6, 6.07) is 15.8. The SMILES string of the molecule is O=C(CSc1nc2ccccc2o1)Nc1cccc(C2CCNN2)c1. The molecule has 1 aromatic heterocycles. The van der Waals surface area contributed by atoms with E-state index in [0.29, 0.717) is 5.22 Å². The van der Waals surface area contributed by atoms with Crippen molar-refractivity contribution in [3.8, 4) is 0 Å². The summed E-state index contributed by atoms with van der Waals surface area (Å²) in [6.45, 7) is 0.947. The zero-order chi connectivity index (χ0) is 17.1. The van der Waals surface area contributed by atoms with Crippen molar-refractivity contribution in [2.24, 2.45) is 0 Å². The van der Waals surface area contributed by atoms with E-state index in [0.717, 1.165) is 35.3 Å². The van der Waals surface area contributed by atoms with Crippen LogP contribution in [-0.2, 0) is 4.79 Å². The summed E-state index contributed by atoms with van der Waals surface area (Å²) >= 11 is 1.29. The molecule has 3 N–H and O–H groups in total. The van der Waals surface area contributed by atoms with Gasteiger partial charge in [0.15, 0.2) is 5.58 Å². The average Bonchev–Trinajstić information content (AvgIpc) is 3.29. The predicted octanol–water partition coefficient (Wildman–Crippen LogP) is 3.10. The number of aromatic nitrogens is 1. The molecule has 2 aromatic carbocycles. The molecule has 1 fully saturated rings. The first-order valence-electron chi connectivity index (χ1n) is 8.14. The summed E-state index contributed by atoms with van der Waals surface area (Å²) in [5.41, 5.74) is 9.84. The second kappa shape index (κ2) is 7.26. The van der Waals surface area contributed by atoms with Crippen molar-refractivity contribution in [1.29, 1.82) is 0 Å². The van der Waals surface area contributed by atoms with Crippen molar-refractivity contribution in [1.82, 2.24) is 15.8 Å². The molecule has 1 aliphatic rings. The summed E-state index contributed by atoms with van der Waals surface area (Å²) in [7, 11) is 0. The van der Waals surface area contributed by atoms with Crippen molar-refractivity contribution < 1.29 is 9.21 Å². The Labute approximate surface area is 149 Å². The van der Waals surface area contributed by atoms with E-state index in [1.807, 2.05) is 42.5 Å². The van der Waals surface area contributed by atoms with Gasteiger partial charge in [0, 0.05) is 18.3 Å². The Morgan fingerprint density at radius 1 is 1.28 bits per heavy atom. The van der Waals surface area contributed by atoms with E-state index in [4.69, 9.17) is 4.42 Å². The zero-order valence-electron chi connectivity index (χ0n) is 13.5. The van der Waals surface area contributed by atoms with Gasteiger partial charge in [-0.2, -0.15) is 0 Å². The summed E-state index contributed by atoms with van der Waals surface area (Å²) < 4.78 is 5.61. The number of nitrogens with zero attached hydrogens (tertiary/aromatic N) is 1. The number of fused-ring (bicyclic) bond motifs is 1. The maximum Gasteiger partial charge on any atom is 0.257 e. The third kappa shape index (κ3) is 3.84. The first-order valence-corrected chi connectivity index (χ1v) is 9.13. The van der Waals surface area contributed by atoms with E-state index >= 15 is 0 Å². The molecule has 6 nitrogen and oxygen atoms in total. The Balaban J connectivity index is 1.36. The number of hydrogen-bond donors (Lipinski definition) is 3. The molecule has 0 saturated carbocycles. The lowest BCUT2D eigenvalue weighted by Crippen LogP contribution is -2.24. The number of nitrogens with one attached hydrogen (secondary N) is 3. The van der Waals surface area contributed by atoms with Crippen LogP contribution >= 0.6 is 11.8 Å². The second-order valence-corrected chi connectivity index (χ2v) is 6.75. The molecule has 128 valence electrons. The highest BCUT2D eigenvalue weighted by atomic mass is 32.2. The van der Waals surface area contributed by atoms with E-state index in [1.54, 1.807) is 0 Å². The Hall–Kier alpha value is -2.35. The van der Waals surface area contributed by atoms with Crippen LogP contribution in [-0.4, -0.2) is 23.2 Å². The zero-order valence-corrected chi connectivity index (χ0v) is 14.3. The van der Waals surface area contributed by atoms with Crippen molar-refractivity contribution in [3.63, 3.8) is 0 Å². The Morgan fingerprint density at radius 2 is 2.20 bits per heavy atom. The lowest BCUT2D eigenvalue weighted by molar-refractivity contribution is -0.113. The molecule has 0 spiro atoms. The number of carbonyl (C=O) groups excluding carboxylic acids is 1. The molecule has 2 heterocycles. The minimum atomic E-state index is -0.0816. The number of oxazole rings is 1. The van der Waals surface area contributed by atoms with Gasteiger partial charge in [-0.1, -0.05) is 36.0 Å². The van der Waals surface area contributed by atoms with Gasteiger partial charge in [0.05, 0.1) is 5.75 Å². The van der Waals surface area contributed by atoms with E-state index < -0.39 is 0 Å². The average molecular weight is 354 g/mol. The van der Waals surface area contributed by atoms with Gasteiger partial charge in [-0.05, 0) is 36.2 Å². The molecular formula is C18H18N4O2S. The molecule has 25 heavy (non-hydrogen) atoms. The van der Waals surface area contributed by atoms with E-state index in [2.05, 4.69) is 27.2 Å². The summed E-state index contributed by atoms with van der Waals surface area (Å²) in [5, 5.41) is 3.44. The number of hydrazine groups is 1. The van der Waals surface area contributed by atoms with E-state index in [9.17, 15) is 4.79 Å².